The van der Waals surface area contributed by atoms with E-state index < -0.39 is 5.60 Å². The van der Waals surface area contributed by atoms with Crippen LogP contribution in [0.1, 0.15) is 24.2 Å². The summed E-state index contributed by atoms with van der Waals surface area (Å²) in [5, 5.41) is 9.36. The molecule has 3 nitrogen and oxygen atoms in total. The third-order valence-electron chi connectivity index (χ3n) is 1.78. The lowest BCUT2D eigenvalue weighted by Gasteiger charge is -2.16. The molecule has 1 rings (SSSR count). The van der Waals surface area contributed by atoms with Crippen LogP contribution in [0.25, 0.3) is 0 Å². The van der Waals surface area contributed by atoms with E-state index in [0.717, 1.165) is 0 Å². The molecule has 0 bridgehead atoms. The number of benzene rings is 1. The first-order valence-electron chi connectivity index (χ1n) is 4.87. The molecule has 0 aliphatic carbocycles. The summed E-state index contributed by atoms with van der Waals surface area (Å²) in [5.74, 6) is -0.0696. The first-order chi connectivity index (χ1) is 6.99. The summed E-state index contributed by atoms with van der Waals surface area (Å²) in [4.78, 5) is 11.5. The van der Waals surface area contributed by atoms with Crippen LogP contribution in [-0.4, -0.2) is 29.7 Å². The molecule has 0 atom stereocenters. The van der Waals surface area contributed by atoms with Crippen LogP contribution in [0.2, 0.25) is 0 Å². The first-order valence-corrected chi connectivity index (χ1v) is 4.87. The molecule has 0 aliphatic rings. The van der Waals surface area contributed by atoms with Crippen LogP contribution in [0.5, 0.6) is 0 Å². The second kappa shape index (κ2) is 5.05. The van der Waals surface area contributed by atoms with Crippen LogP contribution in [0.3, 0.4) is 0 Å². The van der Waals surface area contributed by atoms with Crippen molar-refractivity contribution in [3.63, 3.8) is 0 Å². The quantitative estimate of drug-likeness (QED) is 0.748. The van der Waals surface area contributed by atoms with Gasteiger partial charge in [0.2, 0.25) is 0 Å². The van der Waals surface area contributed by atoms with E-state index in [4.69, 9.17) is 4.74 Å². The second-order valence-corrected chi connectivity index (χ2v) is 4.09. The minimum Gasteiger partial charge on any atom is -0.388 e. The van der Waals surface area contributed by atoms with Gasteiger partial charge in [-0.25, -0.2) is 0 Å². The monoisotopic (exact) mass is 208 g/mol. The molecular weight excluding hydrogens is 192 g/mol. The molecule has 1 aromatic rings. The van der Waals surface area contributed by atoms with Crippen molar-refractivity contribution in [2.24, 2.45) is 0 Å². The van der Waals surface area contributed by atoms with Crippen LogP contribution in [0, 0.1) is 0 Å². The minimum absolute atomic E-state index is 0.00794. The smallest absolute Gasteiger partial charge is 0.188 e. The van der Waals surface area contributed by atoms with Gasteiger partial charge in [0.15, 0.2) is 5.78 Å². The highest BCUT2D eigenvalue weighted by Gasteiger charge is 2.13. The topological polar surface area (TPSA) is 46.5 Å². The Bertz CT molecular complexity index is 311. The van der Waals surface area contributed by atoms with Gasteiger partial charge in [-0.1, -0.05) is 30.3 Å². The maximum absolute atomic E-state index is 11.5. The molecule has 0 spiro atoms. The molecule has 1 N–H and O–H groups in total. The highest BCUT2D eigenvalue weighted by Crippen LogP contribution is 2.03. The van der Waals surface area contributed by atoms with Crippen molar-refractivity contribution in [1.29, 1.82) is 0 Å². The number of aliphatic hydroxyl groups is 1. The van der Waals surface area contributed by atoms with Crippen molar-refractivity contribution in [1.82, 2.24) is 0 Å². The van der Waals surface area contributed by atoms with E-state index in [0.29, 0.717) is 5.56 Å². The number of ether oxygens (including phenoxy) is 1. The van der Waals surface area contributed by atoms with Gasteiger partial charge in [0.05, 0.1) is 12.2 Å². The molecule has 0 unspecified atom stereocenters. The van der Waals surface area contributed by atoms with Gasteiger partial charge in [-0.3, -0.25) is 4.79 Å². The van der Waals surface area contributed by atoms with Crippen LogP contribution in [0.15, 0.2) is 30.3 Å². The minimum atomic E-state index is -0.892. The normalized spacial score (nSPS) is 11.4. The van der Waals surface area contributed by atoms with E-state index in [2.05, 4.69) is 0 Å². The number of rotatable bonds is 5. The lowest BCUT2D eigenvalue weighted by Crippen LogP contribution is -2.27. The Kier molecular flexibility index (Phi) is 4.00. The molecular formula is C12H16O3. The first kappa shape index (κ1) is 11.9. The Hall–Kier alpha value is -1.19. The molecule has 15 heavy (non-hydrogen) atoms. The molecule has 3 heteroatoms. The van der Waals surface area contributed by atoms with E-state index in [1.165, 1.54) is 0 Å². The predicted molar refractivity (Wildman–Crippen MR) is 57.9 cm³/mol. The van der Waals surface area contributed by atoms with Crippen molar-refractivity contribution in [3.05, 3.63) is 35.9 Å². The van der Waals surface area contributed by atoms with Crippen molar-refractivity contribution >= 4 is 5.78 Å². The molecule has 0 heterocycles. The summed E-state index contributed by atoms with van der Waals surface area (Å²) < 4.78 is 5.11. The fourth-order valence-corrected chi connectivity index (χ4v) is 1.10. The highest BCUT2D eigenvalue weighted by atomic mass is 16.5. The zero-order valence-corrected chi connectivity index (χ0v) is 9.06. The van der Waals surface area contributed by atoms with Gasteiger partial charge in [-0.15, -0.1) is 0 Å². The molecule has 1 aromatic carbocycles. The summed E-state index contributed by atoms with van der Waals surface area (Å²) in [6.07, 6.45) is 0. The maximum Gasteiger partial charge on any atom is 0.188 e. The van der Waals surface area contributed by atoms with Crippen molar-refractivity contribution in [2.75, 3.05) is 13.2 Å². The number of carbonyl (C=O) groups excluding carboxylic acids is 1. The van der Waals surface area contributed by atoms with Crippen LogP contribution in [-0.2, 0) is 4.74 Å². The van der Waals surface area contributed by atoms with E-state index in [-0.39, 0.29) is 19.0 Å². The van der Waals surface area contributed by atoms with E-state index >= 15 is 0 Å². The molecule has 0 radical (unpaired) electrons. The van der Waals surface area contributed by atoms with Crippen LogP contribution < -0.4 is 0 Å². The van der Waals surface area contributed by atoms with Crippen molar-refractivity contribution in [3.8, 4) is 0 Å². The number of ketones is 1. The molecule has 0 saturated carbocycles. The van der Waals surface area contributed by atoms with Crippen molar-refractivity contribution in [2.45, 2.75) is 19.4 Å². The van der Waals surface area contributed by atoms with Crippen LogP contribution in [0.4, 0.5) is 0 Å². The standard InChI is InChI=1S/C12H16O3/c1-12(2,14)9-15-8-11(13)10-6-4-3-5-7-10/h3-7,14H,8-9H2,1-2H3. The maximum atomic E-state index is 11.5. The average molecular weight is 208 g/mol. The third kappa shape index (κ3) is 4.72. The van der Waals surface area contributed by atoms with E-state index in [1.54, 1.807) is 26.0 Å². The largest absolute Gasteiger partial charge is 0.388 e. The molecule has 0 aromatic heterocycles. The lowest BCUT2D eigenvalue weighted by molar-refractivity contribution is -0.0161. The molecule has 0 saturated heterocycles. The molecule has 0 fully saturated rings. The Balaban J connectivity index is 2.38. The number of carbonyl (C=O) groups is 1. The summed E-state index contributed by atoms with van der Waals surface area (Å²) >= 11 is 0. The summed E-state index contributed by atoms with van der Waals surface area (Å²) in [6, 6.07) is 8.96. The van der Waals surface area contributed by atoms with Gasteiger partial charge in [0.25, 0.3) is 0 Å². The zero-order valence-electron chi connectivity index (χ0n) is 9.06. The van der Waals surface area contributed by atoms with Gasteiger partial charge < -0.3 is 9.84 Å². The van der Waals surface area contributed by atoms with Crippen LogP contribution >= 0.6 is 0 Å². The van der Waals surface area contributed by atoms with E-state index in [9.17, 15) is 9.90 Å². The zero-order chi connectivity index (χ0) is 11.3. The molecule has 82 valence electrons. The number of hydrogen-bond acceptors (Lipinski definition) is 3. The summed E-state index contributed by atoms with van der Waals surface area (Å²) in [6.45, 7) is 3.44. The number of Topliss-reactive ketones (excluding diaryl/α,β-unsaturated/α-hetero) is 1. The second-order valence-electron chi connectivity index (χ2n) is 4.09. The summed E-state index contributed by atoms with van der Waals surface area (Å²) in [7, 11) is 0. The molecule has 0 amide bonds. The predicted octanol–water partition coefficient (Wildman–Crippen LogP) is 1.66. The highest BCUT2D eigenvalue weighted by molar-refractivity contribution is 5.96. The SMILES string of the molecule is CC(C)(O)COCC(=O)c1ccccc1. The number of hydrogen-bond donors (Lipinski definition) is 1. The fourth-order valence-electron chi connectivity index (χ4n) is 1.10. The Morgan fingerprint density at radius 2 is 1.93 bits per heavy atom. The van der Waals surface area contributed by atoms with E-state index in [1.807, 2.05) is 18.2 Å². The Morgan fingerprint density at radius 3 is 2.47 bits per heavy atom. The lowest BCUT2D eigenvalue weighted by atomic mass is 10.1. The van der Waals surface area contributed by atoms with Gasteiger partial charge in [-0.2, -0.15) is 0 Å². The van der Waals surface area contributed by atoms with Gasteiger partial charge in [0, 0.05) is 5.56 Å². The Morgan fingerprint density at radius 1 is 1.33 bits per heavy atom. The average Bonchev–Trinajstić information content (AvgIpc) is 2.17. The van der Waals surface area contributed by atoms with Gasteiger partial charge in [-0.05, 0) is 13.8 Å². The van der Waals surface area contributed by atoms with Crippen molar-refractivity contribution < 1.29 is 14.6 Å². The van der Waals surface area contributed by atoms with Gasteiger partial charge in [0.1, 0.15) is 6.61 Å². The molecule has 0 aliphatic heterocycles. The fraction of sp³-hybridized carbons (Fsp3) is 0.417. The third-order valence-corrected chi connectivity index (χ3v) is 1.78. The van der Waals surface area contributed by atoms with Gasteiger partial charge >= 0.3 is 0 Å². The summed E-state index contributed by atoms with van der Waals surface area (Å²) in [5.41, 5.74) is -0.259. The Labute approximate surface area is 89.7 Å².